The molecule has 14 atom stereocenters. The van der Waals surface area contributed by atoms with Gasteiger partial charge in [0.1, 0.15) is 5.78 Å². The highest BCUT2D eigenvalue weighted by Gasteiger charge is 2.68. The number of allylic oxidation sites excluding steroid dienone is 4. The summed E-state index contributed by atoms with van der Waals surface area (Å²) in [5.74, 6) is -0.954. The van der Waals surface area contributed by atoms with Crippen LogP contribution >= 0.6 is 0 Å². The number of ether oxygens (including phenoxy) is 2. The first-order chi connectivity index (χ1) is 25.0. The van der Waals surface area contributed by atoms with Crippen LogP contribution in [0, 0.1) is 79.8 Å². The van der Waals surface area contributed by atoms with E-state index in [9.17, 15) is 33.9 Å². The molecule has 0 heterocycles. The summed E-state index contributed by atoms with van der Waals surface area (Å²) in [5, 5.41) is 9.92. The molecular formula is C45H54O9. The van der Waals surface area contributed by atoms with Gasteiger partial charge >= 0.3 is 17.9 Å². The van der Waals surface area contributed by atoms with Crippen LogP contribution in [0.1, 0.15) is 113 Å². The lowest BCUT2D eigenvalue weighted by molar-refractivity contribution is -0.152. The molecule has 0 aliphatic heterocycles. The number of carboxylic acid groups (broad SMARTS) is 1. The zero-order valence-corrected chi connectivity index (χ0v) is 32.8. The molecule has 7 fully saturated rings. The van der Waals surface area contributed by atoms with Crippen molar-refractivity contribution in [3.63, 3.8) is 0 Å². The van der Waals surface area contributed by atoms with Gasteiger partial charge in [-0.2, -0.15) is 0 Å². The summed E-state index contributed by atoms with van der Waals surface area (Å²) in [6, 6.07) is 0. The highest BCUT2D eigenvalue weighted by atomic mass is 16.5. The molecule has 7 saturated carbocycles. The molecule has 9 heteroatoms. The van der Waals surface area contributed by atoms with Crippen LogP contribution in [0.3, 0.4) is 0 Å². The molecule has 0 unspecified atom stereocenters. The maximum atomic E-state index is 14.2. The molecule has 0 aromatic carbocycles. The Labute approximate surface area is 317 Å². The molecule has 0 spiro atoms. The lowest BCUT2D eigenvalue weighted by Crippen LogP contribution is -2.35. The number of fused-ring (bicyclic) bond motifs is 9. The van der Waals surface area contributed by atoms with Gasteiger partial charge in [0, 0.05) is 34.3 Å². The third kappa shape index (κ3) is 4.12. The number of carboxylic acids is 1. The number of Topliss-reactive ketones (excluding diaryl/α,β-unsaturated/α-hetero) is 3. The average Bonchev–Trinajstić information content (AvgIpc) is 3.97. The molecule has 288 valence electrons. The number of carbonyl (C=O) groups is 6. The smallest absolute Gasteiger partial charge is 0.317 e. The fourth-order valence-electron chi connectivity index (χ4n) is 14.8. The monoisotopic (exact) mass is 738 g/mol. The number of ketones is 3. The summed E-state index contributed by atoms with van der Waals surface area (Å²) in [7, 11) is 0. The highest BCUT2D eigenvalue weighted by molar-refractivity contribution is 6.14. The fraction of sp³-hybridized carbons (Fsp3) is 0.689. The van der Waals surface area contributed by atoms with Gasteiger partial charge in [0.15, 0.2) is 11.5 Å². The lowest BCUT2D eigenvalue weighted by atomic mass is 9.67. The summed E-state index contributed by atoms with van der Waals surface area (Å²) < 4.78 is 12.3. The summed E-state index contributed by atoms with van der Waals surface area (Å²) >= 11 is 0. The fourth-order valence-corrected chi connectivity index (χ4v) is 14.8. The molecule has 0 aromatic rings. The normalized spacial score (nSPS) is 49.8. The number of rotatable bonds is 5. The van der Waals surface area contributed by atoms with Gasteiger partial charge in [0.2, 0.25) is 11.6 Å². The summed E-state index contributed by atoms with van der Waals surface area (Å²) in [5.41, 5.74) is -1.79. The van der Waals surface area contributed by atoms with E-state index in [0.717, 1.165) is 17.6 Å². The molecule has 9 nitrogen and oxygen atoms in total. The van der Waals surface area contributed by atoms with Crippen LogP contribution in [-0.4, -0.2) is 40.4 Å². The minimum Gasteiger partial charge on any atom is -0.481 e. The number of aliphatic carboxylic acids is 1. The minimum absolute atomic E-state index is 0.0163. The molecule has 0 aromatic heterocycles. The average molecular weight is 739 g/mol. The predicted molar refractivity (Wildman–Crippen MR) is 196 cm³/mol. The Morgan fingerprint density at radius 1 is 0.630 bits per heavy atom. The van der Waals surface area contributed by atoms with Crippen molar-refractivity contribution in [1.29, 1.82) is 0 Å². The van der Waals surface area contributed by atoms with Gasteiger partial charge < -0.3 is 14.6 Å². The van der Waals surface area contributed by atoms with E-state index in [4.69, 9.17) is 9.47 Å². The van der Waals surface area contributed by atoms with Crippen molar-refractivity contribution in [3.05, 3.63) is 47.0 Å². The van der Waals surface area contributed by atoms with Crippen molar-refractivity contribution >= 4 is 35.3 Å². The molecule has 54 heavy (non-hydrogen) atoms. The Balaban J connectivity index is 0.924. The predicted octanol–water partition coefficient (Wildman–Crippen LogP) is 7.50. The number of esters is 2. The van der Waals surface area contributed by atoms with Gasteiger partial charge in [-0.05, 0) is 137 Å². The first-order valence-electron chi connectivity index (χ1n) is 20.2. The van der Waals surface area contributed by atoms with Crippen molar-refractivity contribution in [2.45, 2.75) is 113 Å². The van der Waals surface area contributed by atoms with E-state index in [-0.39, 0.29) is 70.0 Å². The Hall–Kier alpha value is -3.62. The van der Waals surface area contributed by atoms with Gasteiger partial charge in [0.25, 0.3) is 0 Å². The van der Waals surface area contributed by atoms with Gasteiger partial charge in [-0.1, -0.05) is 40.9 Å². The SMILES string of the molecule is C=C1C(=O)C(OC(=O)[C@@]2(C)C[C@@H]3CC4=C(OC(=O)[C@@]5(C)C[C@@H]6C[C@H]7CC(=O)[C@H](C)[C@@]7(C)[C@@H]6C5)C(=O)C(=C)[C@@]4(C)[C@@H]3C2)=C2C[C@H]3C[C@](C)(C(=O)O)C[C@H]3[C@]12C. The maximum absolute atomic E-state index is 14.2. The van der Waals surface area contributed by atoms with Crippen molar-refractivity contribution in [2.24, 2.45) is 79.8 Å². The molecule has 0 bridgehead atoms. The Morgan fingerprint density at radius 2 is 1.06 bits per heavy atom. The molecule has 0 saturated heterocycles. The van der Waals surface area contributed by atoms with E-state index in [1.54, 1.807) is 6.92 Å². The van der Waals surface area contributed by atoms with Gasteiger partial charge in [-0.3, -0.25) is 28.8 Å². The Morgan fingerprint density at radius 3 is 1.54 bits per heavy atom. The van der Waals surface area contributed by atoms with Crippen LogP contribution in [-0.2, 0) is 38.2 Å². The van der Waals surface area contributed by atoms with Crippen LogP contribution in [0.25, 0.3) is 0 Å². The second kappa shape index (κ2) is 10.6. The molecule has 1 N–H and O–H groups in total. The summed E-state index contributed by atoms with van der Waals surface area (Å²) in [6.45, 7) is 22.2. The summed E-state index contributed by atoms with van der Waals surface area (Å²) in [4.78, 5) is 80.6. The van der Waals surface area contributed by atoms with Crippen molar-refractivity contribution in [1.82, 2.24) is 0 Å². The van der Waals surface area contributed by atoms with Crippen molar-refractivity contribution in [3.8, 4) is 0 Å². The lowest BCUT2D eigenvalue weighted by Gasteiger charge is -2.36. The Kier molecular flexibility index (Phi) is 7.08. The largest absolute Gasteiger partial charge is 0.481 e. The minimum atomic E-state index is -0.918. The Bertz CT molecular complexity index is 2020. The van der Waals surface area contributed by atoms with E-state index < -0.39 is 39.0 Å². The zero-order chi connectivity index (χ0) is 39.0. The molecule has 0 radical (unpaired) electrons. The maximum Gasteiger partial charge on any atom is 0.317 e. The number of carbonyl (C=O) groups excluding carboxylic acids is 5. The molecule has 9 aliphatic carbocycles. The van der Waals surface area contributed by atoms with Gasteiger partial charge in [0.05, 0.1) is 16.2 Å². The second-order valence-electron chi connectivity index (χ2n) is 20.8. The number of hydrogen-bond acceptors (Lipinski definition) is 8. The molecule has 9 aliphatic rings. The van der Waals surface area contributed by atoms with Crippen molar-refractivity contribution < 1.29 is 43.3 Å². The first-order valence-corrected chi connectivity index (χ1v) is 20.2. The first kappa shape index (κ1) is 36.0. The molecule has 9 rings (SSSR count). The topological polar surface area (TPSA) is 141 Å². The molecular weight excluding hydrogens is 684 g/mol. The van der Waals surface area contributed by atoms with E-state index in [2.05, 4.69) is 20.1 Å². The van der Waals surface area contributed by atoms with Crippen LogP contribution in [0.5, 0.6) is 0 Å². The van der Waals surface area contributed by atoms with E-state index in [1.807, 2.05) is 34.6 Å². The van der Waals surface area contributed by atoms with Crippen LogP contribution in [0.15, 0.2) is 47.0 Å². The summed E-state index contributed by atoms with van der Waals surface area (Å²) in [6.07, 6.45) is 5.83. The third-order valence-corrected chi connectivity index (χ3v) is 18.3. The van der Waals surface area contributed by atoms with E-state index >= 15 is 0 Å². The van der Waals surface area contributed by atoms with Crippen LogP contribution < -0.4 is 0 Å². The van der Waals surface area contributed by atoms with Gasteiger partial charge in [-0.25, -0.2) is 0 Å². The van der Waals surface area contributed by atoms with Crippen LogP contribution in [0.2, 0.25) is 0 Å². The van der Waals surface area contributed by atoms with Gasteiger partial charge in [-0.15, -0.1) is 0 Å². The molecule has 0 amide bonds. The quantitative estimate of drug-likeness (QED) is 0.224. The van der Waals surface area contributed by atoms with E-state index in [0.29, 0.717) is 86.6 Å². The number of hydrogen-bond donors (Lipinski definition) is 1. The zero-order valence-electron chi connectivity index (χ0n) is 32.8. The third-order valence-electron chi connectivity index (χ3n) is 18.3. The van der Waals surface area contributed by atoms with E-state index in [1.165, 1.54) is 0 Å². The van der Waals surface area contributed by atoms with Crippen molar-refractivity contribution in [2.75, 3.05) is 0 Å². The standard InChI is InChI=1S/C45H54O9/c1-20-32(46)13-26-10-23-15-41(5,18-29(23)43(20,26)7)38(51)53-36-28-12-25-16-42(6,19-31(25)45(28,9)22(3)34(36)48)39(52)54-35-27-11-24-14-40(4,37(49)50)17-30(24)44(27,8)21(2)33(35)47/h20,23-26,29-31H,2-3,10-19H2,1,4-9H3,(H,49,50)/t20-,23-,24-,25-,26-,29+,30+,31+,40-,41-,42-,43+,44+,45+/m0/s1. The highest BCUT2D eigenvalue weighted by Crippen LogP contribution is 2.71. The second-order valence-corrected chi connectivity index (χ2v) is 20.8. The van der Waals surface area contributed by atoms with Crippen LogP contribution in [0.4, 0.5) is 0 Å².